The van der Waals surface area contributed by atoms with Crippen LogP contribution in [0.4, 0.5) is 26.3 Å². The first kappa shape index (κ1) is 19.1. The average molecular weight is 344 g/mol. The molecule has 1 rings (SSSR count). The lowest BCUT2D eigenvalue weighted by molar-refractivity contribution is -0.143. The number of carbonyl (C=O) groups excluding carboxylic acids is 1. The third-order valence-corrected chi connectivity index (χ3v) is 2.66. The lowest BCUT2D eigenvalue weighted by Gasteiger charge is -2.15. The quantitative estimate of drug-likeness (QED) is 0.616. The second-order valence-corrected chi connectivity index (χ2v) is 4.50. The zero-order valence-corrected chi connectivity index (χ0v) is 11.7. The Morgan fingerprint density at radius 2 is 1.57 bits per heavy atom. The Kier molecular flexibility index (Phi) is 6.25. The molecule has 10 heteroatoms. The topological polar surface area (TPSA) is 64.4 Å². The maximum atomic E-state index is 12.6. The predicted molar refractivity (Wildman–Crippen MR) is 68.6 cm³/mol. The molecule has 0 bridgehead atoms. The van der Waals surface area contributed by atoms with Crippen molar-refractivity contribution in [2.75, 3.05) is 19.7 Å². The molecule has 1 aromatic carbocycles. The standard InChI is InChI=1S/C13H14F6N2O2/c14-12(15,16)8-4-9(13(17,18)19)6-10(5-8)23-3-1-2-21-11(22)7-20/h4-6H,1-3,7,20H2,(H,21,22). The fourth-order valence-electron chi connectivity index (χ4n) is 1.57. The van der Waals surface area contributed by atoms with E-state index in [-0.39, 0.29) is 32.2 Å². The Morgan fingerprint density at radius 3 is 2.00 bits per heavy atom. The molecule has 3 N–H and O–H groups in total. The van der Waals surface area contributed by atoms with Crippen molar-refractivity contribution in [3.05, 3.63) is 29.3 Å². The van der Waals surface area contributed by atoms with Gasteiger partial charge in [0.05, 0.1) is 24.3 Å². The van der Waals surface area contributed by atoms with Crippen LogP contribution in [0.15, 0.2) is 18.2 Å². The second-order valence-electron chi connectivity index (χ2n) is 4.50. The van der Waals surface area contributed by atoms with Crippen molar-refractivity contribution in [1.29, 1.82) is 0 Å². The zero-order chi connectivity index (χ0) is 17.7. The number of ether oxygens (including phenoxy) is 1. The summed E-state index contributed by atoms with van der Waals surface area (Å²) in [7, 11) is 0. The molecule has 0 saturated carbocycles. The van der Waals surface area contributed by atoms with E-state index in [0.717, 1.165) is 0 Å². The summed E-state index contributed by atoms with van der Waals surface area (Å²) in [6.45, 7) is -0.242. The zero-order valence-electron chi connectivity index (χ0n) is 11.7. The SMILES string of the molecule is NCC(=O)NCCCOc1cc(C(F)(F)F)cc(C(F)(F)F)c1. The Morgan fingerprint density at radius 1 is 1.04 bits per heavy atom. The van der Waals surface area contributed by atoms with E-state index in [1.807, 2.05) is 0 Å². The van der Waals surface area contributed by atoms with Crippen molar-refractivity contribution in [2.45, 2.75) is 18.8 Å². The van der Waals surface area contributed by atoms with Crippen LogP contribution in [-0.4, -0.2) is 25.6 Å². The first-order valence-electron chi connectivity index (χ1n) is 6.43. The van der Waals surface area contributed by atoms with Gasteiger partial charge in [0.25, 0.3) is 0 Å². The van der Waals surface area contributed by atoms with Crippen LogP contribution in [0.2, 0.25) is 0 Å². The van der Waals surface area contributed by atoms with E-state index < -0.39 is 35.1 Å². The van der Waals surface area contributed by atoms with Gasteiger partial charge < -0.3 is 15.8 Å². The van der Waals surface area contributed by atoms with Gasteiger partial charge in [0.2, 0.25) is 5.91 Å². The van der Waals surface area contributed by atoms with Crippen molar-refractivity contribution < 1.29 is 35.9 Å². The molecular weight excluding hydrogens is 330 g/mol. The molecule has 0 spiro atoms. The molecule has 0 atom stereocenters. The van der Waals surface area contributed by atoms with Crippen LogP contribution in [0.25, 0.3) is 0 Å². The number of nitrogens with one attached hydrogen (secondary N) is 1. The number of hydrogen-bond acceptors (Lipinski definition) is 3. The summed E-state index contributed by atoms with van der Waals surface area (Å²) >= 11 is 0. The first-order chi connectivity index (χ1) is 10.5. The molecule has 0 heterocycles. The van der Waals surface area contributed by atoms with Crippen LogP contribution >= 0.6 is 0 Å². The minimum Gasteiger partial charge on any atom is -0.493 e. The molecule has 1 amide bonds. The molecule has 130 valence electrons. The smallest absolute Gasteiger partial charge is 0.416 e. The molecule has 1 aromatic rings. The van der Waals surface area contributed by atoms with Crippen LogP contribution in [-0.2, 0) is 17.1 Å². The summed E-state index contributed by atoms with van der Waals surface area (Å²) in [5.74, 6) is -0.972. The Balaban J connectivity index is 2.76. The van der Waals surface area contributed by atoms with E-state index in [1.54, 1.807) is 0 Å². The third-order valence-electron chi connectivity index (χ3n) is 2.66. The third kappa shape index (κ3) is 6.35. The average Bonchev–Trinajstić information content (AvgIpc) is 2.44. The van der Waals surface area contributed by atoms with Crippen LogP contribution in [0, 0.1) is 0 Å². The molecule has 0 unspecified atom stereocenters. The van der Waals surface area contributed by atoms with E-state index >= 15 is 0 Å². The fourth-order valence-corrected chi connectivity index (χ4v) is 1.57. The van der Waals surface area contributed by atoms with Crippen LogP contribution in [0.1, 0.15) is 17.5 Å². The van der Waals surface area contributed by atoms with Crippen molar-refractivity contribution in [3.63, 3.8) is 0 Å². The van der Waals surface area contributed by atoms with Crippen LogP contribution in [0.3, 0.4) is 0 Å². The van der Waals surface area contributed by atoms with E-state index in [0.29, 0.717) is 12.1 Å². The number of alkyl halides is 6. The summed E-state index contributed by atoms with van der Waals surface area (Å²) in [4.78, 5) is 10.8. The van der Waals surface area contributed by atoms with Gasteiger partial charge in [-0.05, 0) is 24.6 Å². The Hall–Kier alpha value is -1.97. The molecule has 0 fully saturated rings. The maximum absolute atomic E-state index is 12.6. The van der Waals surface area contributed by atoms with Gasteiger partial charge in [-0.15, -0.1) is 0 Å². The molecule has 4 nitrogen and oxygen atoms in total. The van der Waals surface area contributed by atoms with E-state index in [1.165, 1.54) is 0 Å². The van der Waals surface area contributed by atoms with Crippen LogP contribution < -0.4 is 15.8 Å². The number of rotatable bonds is 6. The normalized spacial score (nSPS) is 12.1. The van der Waals surface area contributed by atoms with E-state index in [2.05, 4.69) is 5.32 Å². The molecule has 0 radical (unpaired) electrons. The highest BCUT2D eigenvalue weighted by Crippen LogP contribution is 2.38. The number of carbonyl (C=O) groups is 1. The minimum absolute atomic E-state index is 0.0222. The second kappa shape index (κ2) is 7.53. The largest absolute Gasteiger partial charge is 0.493 e. The van der Waals surface area contributed by atoms with Gasteiger partial charge in [-0.3, -0.25) is 4.79 Å². The minimum atomic E-state index is -4.92. The summed E-state index contributed by atoms with van der Waals surface area (Å²) in [5, 5.41) is 2.39. The molecule has 0 aliphatic carbocycles. The summed E-state index contributed by atoms with van der Waals surface area (Å²) in [6.07, 6.45) is -9.65. The number of nitrogens with two attached hydrogens (primary N) is 1. The van der Waals surface area contributed by atoms with Crippen molar-refractivity contribution in [2.24, 2.45) is 5.73 Å². The lowest BCUT2D eigenvalue weighted by Crippen LogP contribution is -2.31. The molecule has 0 aliphatic rings. The van der Waals surface area contributed by atoms with Crippen molar-refractivity contribution in [1.82, 2.24) is 5.32 Å². The predicted octanol–water partition coefficient (Wildman–Crippen LogP) is 2.57. The van der Waals surface area contributed by atoms with Gasteiger partial charge in [-0.2, -0.15) is 26.3 Å². The van der Waals surface area contributed by atoms with Gasteiger partial charge in [0.15, 0.2) is 0 Å². The molecule has 0 aliphatic heterocycles. The maximum Gasteiger partial charge on any atom is 0.416 e. The van der Waals surface area contributed by atoms with Crippen LogP contribution in [0.5, 0.6) is 5.75 Å². The van der Waals surface area contributed by atoms with Crippen molar-refractivity contribution >= 4 is 5.91 Å². The molecular formula is C13H14F6N2O2. The lowest BCUT2D eigenvalue weighted by atomic mass is 10.1. The van der Waals surface area contributed by atoms with E-state index in [9.17, 15) is 31.1 Å². The number of hydrogen-bond donors (Lipinski definition) is 2. The van der Waals surface area contributed by atoms with Crippen molar-refractivity contribution in [3.8, 4) is 5.75 Å². The van der Waals surface area contributed by atoms with E-state index in [4.69, 9.17) is 10.5 Å². The molecule has 23 heavy (non-hydrogen) atoms. The number of halogens is 6. The van der Waals surface area contributed by atoms with Gasteiger partial charge in [-0.1, -0.05) is 0 Å². The van der Waals surface area contributed by atoms with Gasteiger partial charge >= 0.3 is 12.4 Å². The fraction of sp³-hybridized carbons (Fsp3) is 0.462. The highest BCUT2D eigenvalue weighted by atomic mass is 19.4. The highest BCUT2D eigenvalue weighted by Gasteiger charge is 2.37. The van der Waals surface area contributed by atoms with Gasteiger partial charge in [-0.25, -0.2) is 0 Å². The summed E-state index contributed by atoms with van der Waals surface area (Å²) < 4.78 is 80.7. The Labute approximate surface area is 127 Å². The first-order valence-corrected chi connectivity index (χ1v) is 6.43. The van der Waals surface area contributed by atoms with Gasteiger partial charge in [0, 0.05) is 6.54 Å². The molecule has 0 aromatic heterocycles. The number of benzene rings is 1. The highest BCUT2D eigenvalue weighted by molar-refractivity contribution is 5.77. The molecule has 0 saturated heterocycles. The Bertz CT molecular complexity index is 510. The summed E-state index contributed by atoms with van der Waals surface area (Å²) in [5.41, 5.74) is 2.15. The number of amides is 1. The summed E-state index contributed by atoms with van der Waals surface area (Å²) in [6, 6.07) is 1.01. The monoisotopic (exact) mass is 344 g/mol. The van der Waals surface area contributed by atoms with Gasteiger partial charge in [0.1, 0.15) is 5.75 Å².